The first-order valence-corrected chi connectivity index (χ1v) is 8.90. The van der Waals surface area contributed by atoms with Crippen LogP contribution in [-0.4, -0.2) is 21.0 Å². The molecule has 0 atom stereocenters. The normalized spacial score (nSPS) is 20.2. The van der Waals surface area contributed by atoms with Crippen molar-refractivity contribution in [3.63, 3.8) is 0 Å². The molecule has 0 aliphatic carbocycles. The minimum Gasteiger partial charge on any atom is -0.369 e. The van der Waals surface area contributed by atoms with E-state index in [4.69, 9.17) is 0 Å². The Kier molecular flexibility index (Phi) is 1.81. The van der Waals surface area contributed by atoms with E-state index in [0.29, 0.717) is 0 Å². The van der Waals surface area contributed by atoms with Crippen molar-refractivity contribution in [2.24, 2.45) is 0 Å². The molecule has 0 bridgehead atoms. The molecule has 0 aromatic heterocycles. The minimum atomic E-state index is -11.4. The van der Waals surface area contributed by atoms with Gasteiger partial charge in [-0.05, 0) is 0 Å². The summed E-state index contributed by atoms with van der Waals surface area (Å²) in [6.45, 7) is 0. The molecule has 0 heterocycles. The van der Waals surface area contributed by atoms with E-state index >= 15 is 0 Å². The number of halogens is 6. The molecule has 0 amide bonds. The molecule has 0 unspecified atom stereocenters. The van der Waals surface area contributed by atoms with Gasteiger partial charge in [-0.2, -0.15) is 0 Å². The first-order chi connectivity index (χ1) is 2.45. The molecule has 56 valence electrons. The van der Waals surface area contributed by atoms with E-state index in [2.05, 4.69) is 0 Å². The van der Waals surface area contributed by atoms with Crippen molar-refractivity contribution in [2.45, 2.75) is 0 Å². The third-order valence-electron chi connectivity index (χ3n) is 0. The zero-order chi connectivity index (χ0) is 6.41. The molecule has 0 saturated heterocycles. The van der Waals surface area contributed by atoms with Gasteiger partial charge < -0.3 is 6.15 Å². The Hall–Kier alpha value is 0.423. The largest absolute Gasteiger partial charge is 0.369 e. The molecule has 0 fully saturated rings. The molecule has 0 aromatic rings. The first kappa shape index (κ1) is 11.3. The van der Waals surface area contributed by atoms with Crippen LogP contribution in [0.5, 0.6) is 0 Å². The van der Waals surface area contributed by atoms with Crippen molar-refractivity contribution in [3.8, 4) is 0 Å². The first-order valence-electron chi connectivity index (χ1n) is 1.01. The van der Waals surface area contributed by atoms with E-state index in [0.717, 1.165) is 0 Å². The van der Waals surface area contributed by atoms with E-state index in [1.165, 1.54) is 0 Å². The Bertz CT molecular complexity index is 67.1. The second-order valence-corrected chi connectivity index (χ2v) is 8.41. The van der Waals surface area contributed by atoms with E-state index in [9.17, 15) is 15.8 Å². The van der Waals surface area contributed by atoms with Crippen LogP contribution in [0.15, 0.2) is 0 Å². The third-order valence-corrected chi connectivity index (χ3v) is 0. The Balaban J connectivity index is 0. The average Bonchev–Trinajstić information content (AvgIpc) is 0.592. The number of rotatable bonds is 0. The minimum absolute atomic E-state index is 0. The summed E-state index contributed by atoms with van der Waals surface area (Å²) in [6.07, 6.45) is 0. The molecule has 0 saturated carbocycles. The zero-order valence-electron chi connectivity index (χ0n) is 3.72. The van der Waals surface area contributed by atoms with Crippen molar-refractivity contribution in [3.05, 3.63) is 0 Å². The quantitative estimate of drug-likeness (QED) is 0.519. The fourth-order valence-corrected chi connectivity index (χ4v) is 0. The van der Waals surface area contributed by atoms with Gasteiger partial charge in [0.25, 0.3) is 0 Å². The number of hydrogen-bond acceptors (Lipinski definition) is 0. The molecule has 4 N–H and O–H groups in total. The van der Waals surface area contributed by atoms with Gasteiger partial charge >= 0.3 is 36.7 Å². The fraction of sp³-hybridized carbons (Fsp3) is 0. The van der Waals surface area contributed by atoms with Gasteiger partial charge in [-0.25, -0.2) is 0 Å². The van der Waals surface area contributed by atoms with Gasteiger partial charge in [0.05, 0.1) is 0 Å². The van der Waals surface area contributed by atoms with Crippen molar-refractivity contribution < 1.29 is 15.8 Å². The standard InChI is InChI=1S/Bi.6FH.H3N/h;6*1H;1H3/q+5;;;;;;;/p-5. The second-order valence-electron chi connectivity index (χ2n) is 0.958. The molecule has 0 rings (SSSR count). The molecule has 8 heteroatoms. The van der Waals surface area contributed by atoms with Crippen LogP contribution < -0.4 is 6.15 Å². The molecular formula is H4BiF6N. The topological polar surface area (TPSA) is 36.5 Å². The van der Waals surface area contributed by atoms with Gasteiger partial charge in [0.1, 0.15) is 0 Å². The van der Waals surface area contributed by atoms with Gasteiger partial charge in [0.15, 0.2) is 0 Å². The van der Waals surface area contributed by atoms with Gasteiger partial charge in [-0.3, -0.25) is 0 Å². The van der Waals surface area contributed by atoms with Crippen LogP contribution in [-0.2, 0) is 0 Å². The molecular weight excluding hydrogens is 337 g/mol. The van der Waals surface area contributed by atoms with Crippen LogP contribution in [0, 0.1) is 0 Å². The Labute approximate surface area is 43.4 Å². The Morgan fingerprint density at radius 3 is 0.625 bits per heavy atom. The fourth-order valence-electron chi connectivity index (χ4n) is 0. The Morgan fingerprint density at radius 2 is 0.625 bits per heavy atom. The van der Waals surface area contributed by atoms with Crippen LogP contribution in [0.25, 0.3) is 0 Å². The number of quaternary nitrogens is 1. The SMILES string of the molecule is [F][Bi-]([F])([F])([F])([F])[F].[NH4+]. The molecule has 0 aliphatic heterocycles. The maximum Gasteiger partial charge on any atom is -0.369 e. The van der Waals surface area contributed by atoms with E-state index in [-0.39, 0.29) is 6.15 Å². The van der Waals surface area contributed by atoms with Gasteiger partial charge in [0, 0.05) is 0 Å². The van der Waals surface area contributed by atoms with Crippen molar-refractivity contribution in [2.75, 3.05) is 0 Å². The number of hydrogen-bond donors (Lipinski definition) is 1. The van der Waals surface area contributed by atoms with E-state index in [1.807, 2.05) is 0 Å². The second kappa shape index (κ2) is 1.29. The summed E-state index contributed by atoms with van der Waals surface area (Å²) >= 11 is -11.4. The van der Waals surface area contributed by atoms with Crippen LogP contribution in [0.2, 0.25) is 0 Å². The summed E-state index contributed by atoms with van der Waals surface area (Å²) in [7, 11) is 0. The van der Waals surface area contributed by atoms with Gasteiger partial charge in [-0.15, -0.1) is 0 Å². The molecule has 1 nitrogen and oxygen atoms in total. The van der Waals surface area contributed by atoms with E-state index < -0.39 is 21.0 Å². The predicted octanol–water partition coefficient (Wildman–Crippen LogP) is 2.52. The summed E-state index contributed by atoms with van der Waals surface area (Å²) in [5.74, 6) is 0. The van der Waals surface area contributed by atoms with Crippen molar-refractivity contribution >= 4 is 21.0 Å². The molecule has 0 radical (unpaired) electrons. The smallest absolute Gasteiger partial charge is 0.369 e. The van der Waals surface area contributed by atoms with Crippen molar-refractivity contribution in [1.82, 2.24) is 6.15 Å². The summed E-state index contributed by atoms with van der Waals surface area (Å²) in [5, 5.41) is 0. The van der Waals surface area contributed by atoms with E-state index in [1.54, 1.807) is 0 Å². The van der Waals surface area contributed by atoms with Crippen LogP contribution in [0.1, 0.15) is 0 Å². The molecule has 0 aliphatic rings. The van der Waals surface area contributed by atoms with Crippen LogP contribution in [0.3, 0.4) is 0 Å². The summed E-state index contributed by atoms with van der Waals surface area (Å²) < 4.78 is 59.6. The average molecular weight is 341 g/mol. The van der Waals surface area contributed by atoms with Crippen LogP contribution in [0.4, 0.5) is 15.8 Å². The molecule has 0 aromatic carbocycles. The van der Waals surface area contributed by atoms with Crippen LogP contribution >= 0.6 is 0 Å². The Morgan fingerprint density at radius 1 is 0.625 bits per heavy atom. The third kappa shape index (κ3) is 1060. The molecule has 0 spiro atoms. The van der Waals surface area contributed by atoms with Gasteiger partial charge in [-0.1, -0.05) is 0 Å². The maximum atomic E-state index is 9.94. The molecule has 8 heavy (non-hydrogen) atoms. The summed E-state index contributed by atoms with van der Waals surface area (Å²) in [6, 6.07) is 0. The zero-order valence-corrected chi connectivity index (χ0v) is 7.19. The summed E-state index contributed by atoms with van der Waals surface area (Å²) in [5.41, 5.74) is 0. The monoisotopic (exact) mass is 341 g/mol. The predicted molar refractivity (Wildman–Crippen MR) is 18.4 cm³/mol. The van der Waals surface area contributed by atoms with Gasteiger partial charge in [0.2, 0.25) is 0 Å². The maximum absolute atomic E-state index is 11.4. The summed E-state index contributed by atoms with van der Waals surface area (Å²) in [4.78, 5) is 0. The van der Waals surface area contributed by atoms with Crippen molar-refractivity contribution in [1.29, 1.82) is 0 Å².